The number of nitrogens with zero attached hydrogens (tertiary/aromatic N) is 5. The smallest absolute Gasteiger partial charge is 0.247 e. The third kappa shape index (κ3) is 6.12. The van der Waals surface area contributed by atoms with Gasteiger partial charge in [0.15, 0.2) is 5.82 Å². The maximum Gasteiger partial charge on any atom is 0.247 e. The van der Waals surface area contributed by atoms with E-state index in [0.29, 0.717) is 5.82 Å². The number of halogens is 2. The Morgan fingerprint density at radius 3 is 2.62 bits per heavy atom. The first kappa shape index (κ1) is 22.4. The topological polar surface area (TPSA) is 80.0 Å². The highest BCUT2D eigenvalue weighted by molar-refractivity contribution is 5.94. The summed E-state index contributed by atoms with van der Waals surface area (Å²) in [5.41, 5.74) is 0.814. The molecule has 2 rings (SSSR count). The summed E-state index contributed by atoms with van der Waals surface area (Å²) in [5.74, 6) is 0.390. The molecule has 8 nitrogen and oxygen atoms in total. The molecule has 2 heterocycles. The Morgan fingerprint density at radius 1 is 1.38 bits per heavy atom. The first-order valence-electron chi connectivity index (χ1n) is 7.14. The van der Waals surface area contributed by atoms with Crippen LogP contribution in [0.1, 0.15) is 11.6 Å². The maximum absolute atomic E-state index is 12.4. The molecule has 1 unspecified atom stereocenters. The van der Waals surface area contributed by atoms with Crippen LogP contribution in [0.5, 0.6) is 0 Å². The summed E-state index contributed by atoms with van der Waals surface area (Å²) >= 11 is 0. The SMILES string of the molecule is CNC(C(=O)Nc1ccn(CCN(C)C)n1)c1cnn(C)c1.Cl.Cl. The predicted octanol–water partition coefficient (Wildman–Crippen LogP) is 0.921. The first-order chi connectivity index (χ1) is 10.5. The number of hydrogen-bond acceptors (Lipinski definition) is 5. The van der Waals surface area contributed by atoms with Crippen molar-refractivity contribution in [1.82, 2.24) is 29.8 Å². The molecular formula is C14H25Cl2N7O. The minimum atomic E-state index is -0.458. The summed E-state index contributed by atoms with van der Waals surface area (Å²) in [5, 5.41) is 14.3. The lowest BCUT2D eigenvalue weighted by Gasteiger charge is -2.13. The summed E-state index contributed by atoms with van der Waals surface area (Å²) in [6.45, 7) is 1.67. The fraction of sp³-hybridized carbons (Fsp3) is 0.500. The van der Waals surface area contributed by atoms with E-state index in [4.69, 9.17) is 0 Å². The Labute approximate surface area is 154 Å². The number of carbonyl (C=O) groups excluding carboxylic acids is 1. The van der Waals surface area contributed by atoms with Gasteiger partial charge in [0.05, 0.1) is 12.7 Å². The highest BCUT2D eigenvalue weighted by atomic mass is 35.5. The Hall–Kier alpha value is -1.61. The van der Waals surface area contributed by atoms with Crippen molar-refractivity contribution in [3.63, 3.8) is 0 Å². The molecule has 24 heavy (non-hydrogen) atoms. The lowest BCUT2D eigenvalue weighted by Crippen LogP contribution is -2.30. The number of aryl methyl sites for hydroxylation is 1. The Kier molecular flexibility index (Phi) is 9.60. The molecular weight excluding hydrogens is 353 g/mol. The highest BCUT2D eigenvalue weighted by Gasteiger charge is 2.20. The molecule has 1 amide bonds. The van der Waals surface area contributed by atoms with Crippen LogP contribution in [0.4, 0.5) is 5.82 Å². The normalized spacial score (nSPS) is 11.5. The van der Waals surface area contributed by atoms with Crippen LogP contribution in [-0.4, -0.2) is 58.1 Å². The number of rotatable bonds is 7. The van der Waals surface area contributed by atoms with E-state index in [-0.39, 0.29) is 30.7 Å². The van der Waals surface area contributed by atoms with Crippen LogP contribution in [0.2, 0.25) is 0 Å². The van der Waals surface area contributed by atoms with Gasteiger partial charge < -0.3 is 15.5 Å². The lowest BCUT2D eigenvalue weighted by atomic mass is 10.1. The zero-order chi connectivity index (χ0) is 16.1. The van der Waals surface area contributed by atoms with Gasteiger partial charge >= 0.3 is 0 Å². The summed E-state index contributed by atoms with van der Waals surface area (Å²) in [7, 11) is 7.59. The number of aromatic nitrogens is 4. The molecule has 0 fully saturated rings. The van der Waals surface area contributed by atoms with E-state index in [1.165, 1.54) is 0 Å². The Bertz CT molecular complexity index is 626. The molecule has 0 saturated heterocycles. The zero-order valence-electron chi connectivity index (χ0n) is 14.3. The molecule has 0 saturated carbocycles. The van der Waals surface area contributed by atoms with Crippen molar-refractivity contribution in [3.05, 3.63) is 30.2 Å². The monoisotopic (exact) mass is 377 g/mol. The predicted molar refractivity (Wildman–Crippen MR) is 98.9 cm³/mol. The molecule has 0 aliphatic heterocycles. The zero-order valence-corrected chi connectivity index (χ0v) is 15.9. The van der Waals surface area contributed by atoms with Crippen molar-refractivity contribution in [3.8, 4) is 0 Å². The van der Waals surface area contributed by atoms with Gasteiger partial charge in [-0.25, -0.2) is 0 Å². The molecule has 10 heteroatoms. The molecule has 0 radical (unpaired) electrons. The van der Waals surface area contributed by atoms with Crippen molar-refractivity contribution in [1.29, 1.82) is 0 Å². The average molecular weight is 378 g/mol. The van der Waals surface area contributed by atoms with Crippen LogP contribution in [0, 0.1) is 0 Å². The highest BCUT2D eigenvalue weighted by Crippen LogP contribution is 2.14. The maximum atomic E-state index is 12.4. The second-order valence-corrected chi connectivity index (χ2v) is 5.43. The van der Waals surface area contributed by atoms with Gasteiger partial charge in [-0.3, -0.25) is 14.2 Å². The standard InChI is InChI=1S/C14H23N7O.2ClH/c1-15-13(11-9-16-20(4)10-11)14(22)17-12-5-6-21(18-12)8-7-19(2)3;;/h5-6,9-10,13,15H,7-8H2,1-4H3,(H,17,18,22);2*1H. The number of anilines is 1. The largest absolute Gasteiger partial charge is 0.308 e. The van der Waals surface area contributed by atoms with Crippen molar-refractivity contribution >= 4 is 36.5 Å². The summed E-state index contributed by atoms with van der Waals surface area (Å²) < 4.78 is 3.48. The molecule has 0 aromatic carbocycles. The number of hydrogen-bond donors (Lipinski definition) is 2. The number of nitrogens with one attached hydrogen (secondary N) is 2. The molecule has 0 bridgehead atoms. The van der Waals surface area contributed by atoms with Crippen molar-refractivity contribution in [2.75, 3.05) is 33.0 Å². The van der Waals surface area contributed by atoms with Crippen molar-refractivity contribution in [2.45, 2.75) is 12.6 Å². The first-order valence-corrected chi connectivity index (χ1v) is 7.14. The molecule has 0 spiro atoms. The lowest BCUT2D eigenvalue weighted by molar-refractivity contribution is -0.118. The van der Waals surface area contributed by atoms with Crippen LogP contribution in [0.25, 0.3) is 0 Å². The molecule has 0 aliphatic rings. The molecule has 0 aliphatic carbocycles. The molecule has 1 atom stereocenters. The quantitative estimate of drug-likeness (QED) is 0.749. The number of carbonyl (C=O) groups is 1. The van der Waals surface area contributed by atoms with Crippen LogP contribution in [-0.2, 0) is 18.4 Å². The second-order valence-electron chi connectivity index (χ2n) is 5.43. The Balaban J connectivity index is 0.00000264. The van der Waals surface area contributed by atoms with E-state index >= 15 is 0 Å². The van der Waals surface area contributed by atoms with Gasteiger partial charge in [-0.05, 0) is 21.1 Å². The fourth-order valence-corrected chi connectivity index (χ4v) is 2.09. The number of amides is 1. The third-order valence-corrected chi connectivity index (χ3v) is 3.28. The van der Waals surface area contributed by atoms with Gasteiger partial charge in [0.2, 0.25) is 5.91 Å². The summed E-state index contributed by atoms with van der Waals surface area (Å²) in [6.07, 6.45) is 5.35. The minimum Gasteiger partial charge on any atom is -0.308 e. The Morgan fingerprint density at radius 2 is 2.08 bits per heavy atom. The minimum absolute atomic E-state index is 0. The van der Waals surface area contributed by atoms with E-state index < -0.39 is 6.04 Å². The van der Waals surface area contributed by atoms with Gasteiger partial charge in [0.25, 0.3) is 0 Å². The van der Waals surface area contributed by atoms with E-state index in [2.05, 4.69) is 25.7 Å². The summed E-state index contributed by atoms with van der Waals surface area (Å²) in [4.78, 5) is 14.4. The fourth-order valence-electron chi connectivity index (χ4n) is 2.09. The van der Waals surface area contributed by atoms with Gasteiger partial charge in [0.1, 0.15) is 6.04 Å². The summed E-state index contributed by atoms with van der Waals surface area (Å²) in [6, 6.07) is 1.34. The van der Waals surface area contributed by atoms with E-state index in [0.717, 1.165) is 18.7 Å². The van der Waals surface area contributed by atoms with Crippen LogP contribution in [0.15, 0.2) is 24.7 Å². The molecule has 2 N–H and O–H groups in total. The second kappa shape index (κ2) is 10.3. The van der Waals surface area contributed by atoms with Crippen LogP contribution >= 0.6 is 24.8 Å². The number of likely N-dealkylation sites (N-methyl/N-ethyl adjacent to an activating group) is 2. The van der Waals surface area contributed by atoms with Crippen molar-refractivity contribution < 1.29 is 4.79 Å². The molecule has 2 aromatic heterocycles. The van der Waals surface area contributed by atoms with Gasteiger partial charge in [-0.2, -0.15) is 10.2 Å². The molecule has 2 aromatic rings. The van der Waals surface area contributed by atoms with E-state index in [9.17, 15) is 4.79 Å². The van der Waals surface area contributed by atoms with Crippen molar-refractivity contribution in [2.24, 2.45) is 7.05 Å². The third-order valence-electron chi connectivity index (χ3n) is 3.28. The van der Waals surface area contributed by atoms with Crippen LogP contribution in [0.3, 0.4) is 0 Å². The van der Waals surface area contributed by atoms with Gasteiger partial charge in [-0.1, -0.05) is 0 Å². The van der Waals surface area contributed by atoms with E-state index in [1.54, 1.807) is 24.0 Å². The van der Waals surface area contributed by atoms with Crippen LogP contribution < -0.4 is 10.6 Å². The van der Waals surface area contributed by atoms with E-state index in [1.807, 2.05) is 38.2 Å². The van der Waals surface area contributed by atoms with Gasteiger partial charge in [0, 0.05) is 37.6 Å². The molecule has 136 valence electrons. The average Bonchev–Trinajstić information content (AvgIpc) is 3.07. The van der Waals surface area contributed by atoms with Gasteiger partial charge in [-0.15, -0.1) is 24.8 Å².